The van der Waals surface area contributed by atoms with E-state index in [1.165, 1.54) is 36.5 Å². The van der Waals surface area contributed by atoms with Gasteiger partial charge >= 0.3 is 6.18 Å². The third kappa shape index (κ3) is 4.64. The first kappa shape index (κ1) is 19.3. The van der Waals surface area contributed by atoms with Crippen LogP contribution in [0.5, 0.6) is 0 Å². The molecule has 4 nitrogen and oxygen atoms in total. The summed E-state index contributed by atoms with van der Waals surface area (Å²) in [5.74, 6) is -0.848. The largest absolute Gasteiger partial charge is 0.416 e. The van der Waals surface area contributed by atoms with Crippen LogP contribution in [-0.2, 0) is 12.7 Å². The van der Waals surface area contributed by atoms with Gasteiger partial charge in [0.1, 0.15) is 11.6 Å². The number of alkyl halides is 3. The molecule has 3 rings (SSSR count). The Morgan fingerprint density at radius 3 is 2.54 bits per heavy atom. The quantitative estimate of drug-likeness (QED) is 0.597. The zero-order valence-electron chi connectivity index (χ0n) is 14.4. The molecule has 0 radical (unpaired) electrons. The van der Waals surface area contributed by atoms with Crippen LogP contribution in [0.4, 0.5) is 29.1 Å². The second kappa shape index (κ2) is 8.08. The molecular weight excluding hydrogens is 374 g/mol. The Hall–Kier alpha value is -3.42. The van der Waals surface area contributed by atoms with Gasteiger partial charge in [-0.3, -0.25) is 4.79 Å². The number of halogens is 4. The van der Waals surface area contributed by atoms with E-state index >= 15 is 0 Å². The number of carbonyl (C=O) groups is 1. The SMILES string of the molecule is O=C(Nc1cccc(C(F)(F)F)c1)c1cccnc1NCc1ccccc1F. The molecule has 2 N–H and O–H groups in total. The summed E-state index contributed by atoms with van der Waals surface area (Å²) in [6.45, 7) is 0.0908. The maximum absolute atomic E-state index is 13.7. The summed E-state index contributed by atoms with van der Waals surface area (Å²) in [5, 5.41) is 5.31. The summed E-state index contributed by atoms with van der Waals surface area (Å²) in [7, 11) is 0. The van der Waals surface area contributed by atoms with Crippen molar-refractivity contribution in [2.24, 2.45) is 0 Å². The van der Waals surface area contributed by atoms with E-state index in [1.807, 2.05) is 0 Å². The molecule has 144 valence electrons. The van der Waals surface area contributed by atoms with Crippen molar-refractivity contribution in [3.8, 4) is 0 Å². The van der Waals surface area contributed by atoms with Crippen LogP contribution in [0, 0.1) is 5.82 Å². The second-order valence-corrected chi connectivity index (χ2v) is 5.88. The van der Waals surface area contributed by atoms with E-state index in [1.54, 1.807) is 18.2 Å². The molecular formula is C20H15F4N3O. The Labute approximate surface area is 158 Å². The second-order valence-electron chi connectivity index (χ2n) is 5.88. The predicted molar refractivity (Wildman–Crippen MR) is 97.4 cm³/mol. The highest BCUT2D eigenvalue weighted by atomic mass is 19.4. The normalized spacial score (nSPS) is 11.1. The molecule has 0 unspecified atom stereocenters. The molecule has 28 heavy (non-hydrogen) atoms. The van der Waals surface area contributed by atoms with Gasteiger partial charge in [-0.25, -0.2) is 9.37 Å². The Balaban J connectivity index is 1.77. The maximum Gasteiger partial charge on any atom is 0.416 e. The lowest BCUT2D eigenvalue weighted by Crippen LogP contribution is -2.16. The summed E-state index contributed by atoms with van der Waals surface area (Å²) in [6.07, 6.45) is -3.06. The maximum atomic E-state index is 13.7. The number of benzene rings is 2. The number of hydrogen-bond acceptors (Lipinski definition) is 3. The van der Waals surface area contributed by atoms with Crippen molar-refractivity contribution in [2.75, 3.05) is 10.6 Å². The molecule has 0 aliphatic rings. The minimum Gasteiger partial charge on any atom is -0.365 e. The van der Waals surface area contributed by atoms with Gasteiger partial charge in [0.15, 0.2) is 0 Å². The number of nitrogens with zero attached hydrogens (tertiary/aromatic N) is 1. The molecule has 3 aromatic rings. The van der Waals surface area contributed by atoms with Gasteiger partial charge in [-0.1, -0.05) is 24.3 Å². The third-order valence-electron chi connectivity index (χ3n) is 3.90. The lowest BCUT2D eigenvalue weighted by atomic mass is 10.1. The van der Waals surface area contributed by atoms with Crippen molar-refractivity contribution in [3.05, 3.63) is 89.4 Å². The third-order valence-corrected chi connectivity index (χ3v) is 3.90. The van der Waals surface area contributed by atoms with Crippen LogP contribution in [0.2, 0.25) is 0 Å². The number of nitrogens with one attached hydrogen (secondary N) is 2. The van der Waals surface area contributed by atoms with Crippen LogP contribution in [0.25, 0.3) is 0 Å². The highest BCUT2D eigenvalue weighted by Crippen LogP contribution is 2.30. The number of carbonyl (C=O) groups excluding carboxylic acids is 1. The zero-order valence-corrected chi connectivity index (χ0v) is 14.4. The summed E-state index contributed by atoms with van der Waals surface area (Å²) in [4.78, 5) is 16.6. The monoisotopic (exact) mass is 389 g/mol. The van der Waals surface area contributed by atoms with Crippen LogP contribution in [-0.4, -0.2) is 10.9 Å². The number of rotatable bonds is 5. The molecule has 1 aromatic heterocycles. The van der Waals surface area contributed by atoms with Crippen LogP contribution in [0.15, 0.2) is 66.9 Å². The van der Waals surface area contributed by atoms with E-state index in [2.05, 4.69) is 15.6 Å². The standard InChI is InChI=1S/C20H15F4N3O/c21-17-9-2-1-5-13(17)12-26-18-16(8-4-10-25-18)19(28)27-15-7-3-6-14(11-15)20(22,23)24/h1-11H,12H2,(H,25,26)(H,27,28). The zero-order chi connectivity index (χ0) is 20.1. The van der Waals surface area contributed by atoms with Crippen LogP contribution >= 0.6 is 0 Å². The van der Waals surface area contributed by atoms with Crippen molar-refractivity contribution in [2.45, 2.75) is 12.7 Å². The van der Waals surface area contributed by atoms with Gasteiger partial charge in [0.25, 0.3) is 5.91 Å². The Bertz CT molecular complexity index is 989. The number of hydrogen-bond donors (Lipinski definition) is 2. The van der Waals surface area contributed by atoms with Crippen molar-refractivity contribution in [3.63, 3.8) is 0 Å². The fourth-order valence-corrected chi connectivity index (χ4v) is 2.52. The van der Waals surface area contributed by atoms with Crippen molar-refractivity contribution < 1.29 is 22.4 Å². The molecule has 2 aromatic carbocycles. The molecule has 8 heteroatoms. The number of aromatic nitrogens is 1. The number of anilines is 2. The van der Waals surface area contributed by atoms with Gasteiger partial charge in [-0.15, -0.1) is 0 Å². The average Bonchev–Trinajstić information content (AvgIpc) is 2.67. The number of pyridine rings is 1. The van der Waals surface area contributed by atoms with Gasteiger partial charge in [-0.2, -0.15) is 13.2 Å². The van der Waals surface area contributed by atoms with Gasteiger partial charge in [0.2, 0.25) is 0 Å². The topological polar surface area (TPSA) is 54.0 Å². The molecule has 0 aliphatic heterocycles. The highest BCUT2D eigenvalue weighted by molar-refractivity contribution is 6.07. The fourth-order valence-electron chi connectivity index (χ4n) is 2.52. The van der Waals surface area contributed by atoms with Gasteiger partial charge in [0, 0.05) is 24.0 Å². The van der Waals surface area contributed by atoms with Crippen LogP contribution in [0.3, 0.4) is 0 Å². The van der Waals surface area contributed by atoms with E-state index in [0.717, 1.165) is 12.1 Å². The fraction of sp³-hybridized carbons (Fsp3) is 0.100. The van der Waals surface area contributed by atoms with Gasteiger partial charge in [-0.05, 0) is 36.4 Å². The molecule has 0 fully saturated rings. The Morgan fingerprint density at radius 2 is 1.79 bits per heavy atom. The molecule has 0 atom stereocenters. The van der Waals surface area contributed by atoms with Crippen LogP contribution in [0.1, 0.15) is 21.5 Å². The molecule has 0 saturated carbocycles. The first-order valence-electron chi connectivity index (χ1n) is 8.25. The molecule has 0 spiro atoms. The summed E-state index contributed by atoms with van der Waals surface area (Å²) >= 11 is 0. The Kier molecular flexibility index (Phi) is 5.58. The molecule has 0 aliphatic carbocycles. The molecule has 1 amide bonds. The van der Waals surface area contributed by atoms with Crippen molar-refractivity contribution in [1.29, 1.82) is 0 Å². The summed E-state index contributed by atoms with van der Waals surface area (Å²) in [5.41, 5.74) is -0.355. The van der Waals surface area contributed by atoms with Crippen molar-refractivity contribution in [1.82, 2.24) is 4.98 Å². The molecule has 0 bridgehead atoms. The average molecular weight is 389 g/mol. The summed E-state index contributed by atoms with van der Waals surface area (Å²) in [6, 6.07) is 13.5. The minimum atomic E-state index is -4.51. The molecule has 1 heterocycles. The first-order valence-corrected chi connectivity index (χ1v) is 8.25. The smallest absolute Gasteiger partial charge is 0.365 e. The van der Waals surface area contributed by atoms with Crippen molar-refractivity contribution >= 4 is 17.4 Å². The minimum absolute atomic E-state index is 0.00346. The summed E-state index contributed by atoms with van der Waals surface area (Å²) < 4.78 is 52.2. The predicted octanol–water partition coefficient (Wildman–Crippen LogP) is 5.10. The lowest BCUT2D eigenvalue weighted by molar-refractivity contribution is -0.137. The van der Waals surface area contributed by atoms with E-state index < -0.39 is 23.5 Å². The first-order chi connectivity index (χ1) is 13.3. The number of amides is 1. The van der Waals surface area contributed by atoms with Crippen LogP contribution < -0.4 is 10.6 Å². The van der Waals surface area contributed by atoms with Gasteiger partial charge in [0.05, 0.1) is 11.1 Å². The van der Waals surface area contributed by atoms with Gasteiger partial charge < -0.3 is 10.6 Å². The highest BCUT2D eigenvalue weighted by Gasteiger charge is 2.30. The molecule has 0 saturated heterocycles. The Morgan fingerprint density at radius 1 is 1.00 bits per heavy atom. The van der Waals surface area contributed by atoms with E-state index in [9.17, 15) is 22.4 Å². The van der Waals surface area contributed by atoms with E-state index in [0.29, 0.717) is 5.56 Å². The van der Waals surface area contributed by atoms with E-state index in [4.69, 9.17) is 0 Å². The lowest BCUT2D eigenvalue weighted by Gasteiger charge is -2.13. The van der Waals surface area contributed by atoms with E-state index in [-0.39, 0.29) is 23.6 Å².